The fourth-order valence-corrected chi connectivity index (χ4v) is 0.805. The second-order valence-corrected chi connectivity index (χ2v) is 2.13. The maximum absolute atomic E-state index is 12.8. The molecule has 0 amide bonds. The average Bonchev–Trinajstić information content (AvgIpc) is 2.04. The van der Waals surface area contributed by atoms with Gasteiger partial charge in [0.25, 0.3) is 0 Å². The number of benzene rings is 1. The lowest BCUT2D eigenvalue weighted by atomic mass is 10.2. The summed E-state index contributed by atoms with van der Waals surface area (Å²) in [6, 6.07) is 3.53. The first-order valence-corrected chi connectivity index (χ1v) is 3.31. The number of carbonyl (C=O) groups excluding carboxylic acids is 1. The molecule has 3 heteroatoms. The Morgan fingerprint density at radius 3 is 2.25 bits per heavy atom. The highest BCUT2D eigenvalue weighted by Gasteiger charge is 2.02. The highest BCUT2D eigenvalue weighted by atomic mass is 19.1. The van der Waals surface area contributed by atoms with Crippen molar-refractivity contribution >= 4 is 12.4 Å². The molecule has 0 bridgehead atoms. The molecule has 62 valence electrons. The van der Waals surface area contributed by atoms with Gasteiger partial charge in [-0.3, -0.25) is 4.79 Å². The minimum absolute atomic E-state index is 0.190. The molecule has 0 spiro atoms. The summed E-state index contributed by atoms with van der Waals surface area (Å²) in [5, 5.41) is 0. The third-order valence-corrected chi connectivity index (χ3v) is 1.34. The Morgan fingerprint density at radius 1 is 1.17 bits per heavy atom. The van der Waals surface area contributed by atoms with Crippen LogP contribution >= 0.6 is 0 Å². The van der Waals surface area contributed by atoms with E-state index in [1.54, 1.807) is 0 Å². The summed E-state index contributed by atoms with van der Waals surface area (Å²) in [5.41, 5.74) is -0.190. The molecule has 1 rings (SSSR count). The summed E-state index contributed by atoms with van der Waals surface area (Å²) in [4.78, 5) is 9.87. The highest BCUT2D eigenvalue weighted by Crippen LogP contribution is 2.12. The summed E-state index contributed by atoms with van der Waals surface area (Å²) in [6.07, 6.45) is 2.60. The summed E-state index contributed by atoms with van der Waals surface area (Å²) < 4.78 is 25.5. The molecule has 0 aliphatic carbocycles. The van der Waals surface area contributed by atoms with Crippen LogP contribution in [0.25, 0.3) is 6.08 Å². The topological polar surface area (TPSA) is 17.1 Å². The molecule has 12 heavy (non-hydrogen) atoms. The molecule has 0 radical (unpaired) electrons. The Hall–Kier alpha value is -1.51. The Morgan fingerprint density at radius 2 is 1.75 bits per heavy atom. The van der Waals surface area contributed by atoms with E-state index in [0.717, 1.165) is 24.3 Å². The van der Waals surface area contributed by atoms with Crippen LogP contribution in [-0.2, 0) is 4.79 Å². The molecule has 0 aliphatic heterocycles. The fraction of sp³-hybridized carbons (Fsp3) is 0. The van der Waals surface area contributed by atoms with Crippen LogP contribution < -0.4 is 0 Å². The number of allylic oxidation sites excluding steroid dienone is 1. The van der Waals surface area contributed by atoms with Crippen LogP contribution in [0.15, 0.2) is 24.3 Å². The molecule has 1 aromatic carbocycles. The molecule has 1 nitrogen and oxygen atoms in total. The molecule has 0 N–H and O–H groups in total. The summed E-state index contributed by atoms with van der Waals surface area (Å²) in [5.74, 6) is -1.35. The van der Waals surface area contributed by atoms with Crippen LogP contribution in [0.3, 0.4) is 0 Å². The number of hydrogen-bond acceptors (Lipinski definition) is 1. The molecular formula is C9H6F2O. The van der Waals surface area contributed by atoms with Gasteiger partial charge in [-0.2, -0.15) is 0 Å². The standard InChI is InChI=1S/C9H6F2O/c10-8-4-1-5-9(11)7(8)3-2-6-12/h1-6H/b3-2-. The van der Waals surface area contributed by atoms with E-state index in [1.165, 1.54) is 6.07 Å². The number of halogens is 2. The Balaban J connectivity index is 3.12. The summed E-state index contributed by atoms with van der Waals surface area (Å²) in [7, 11) is 0. The number of hydrogen-bond donors (Lipinski definition) is 0. The van der Waals surface area contributed by atoms with Gasteiger partial charge in [-0.1, -0.05) is 6.07 Å². The van der Waals surface area contributed by atoms with Gasteiger partial charge in [-0.25, -0.2) is 8.78 Å². The molecule has 0 saturated heterocycles. The van der Waals surface area contributed by atoms with Gasteiger partial charge in [-0.05, 0) is 24.3 Å². The molecule has 0 aliphatic rings. The van der Waals surface area contributed by atoms with Gasteiger partial charge in [0.1, 0.15) is 17.9 Å². The second-order valence-electron chi connectivity index (χ2n) is 2.13. The first kappa shape index (κ1) is 8.59. The largest absolute Gasteiger partial charge is 0.299 e. The van der Waals surface area contributed by atoms with Crippen LogP contribution in [-0.4, -0.2) is 6.29 Å². The first-order chi connectivity index (χ1) is 5.75. The average molecular weight is 168 g/mol. The third kappa shape index (κ3) is 1.75. The van der Waals surface area contributed by atoms with Crippen molar-refractivity contribution in [2.24, 2.45) is 0 Å². The zero-order chi connectivity index (χ0) is 8.97. The van der Waals surface area contributed by atoms with Gasteiger partial charge in [0.2, 0.25) is 0 Å². The van der Waals surface area contributed by atoms with E-state index in [0.29, 0.717) is 6.29 Å². The first-order valence-electron chi connectivity index (χ1n) is 3.31. The smallest absolute Gasteiger partial charge is 0.142 e. The third-order valence-electron chi connectivity index (χ3n) is 1.34. The van der Waals surface area contributed by atoms with Gasteiger partial charge in [0, 0.05) is 5.56 Å². The van der Waals surface area contributed by atoms with Crippen molar-refractivity contribution in [3.8, 4) is 0 Å². The van der Waals surface area contributed by atoms with Gasteiger partial charge < -0.3 is 0 Å². The van der Waals surface area contributed by atoms with Crippen LogP contribution in [0.5, 0.6) is 0 Å². The van der Waals surface area contributed by atoms with Crippen molar-refractivity contribution in [1.29, 1.82) is 0 Å². The molecule has 0 aromatic heterocycles. The Labute approximate surface area is 68.3 Å². The van der Waals surface area contributed by atoms with E-state index in [9.17, 15) is 13.6 Å². The van der Waals surface area contributed by atoms with Crippen molar-refractivity contribution in [1.82, 2.24) is 0 Å². The maximum Gasteiger partial charge on any atom is 0.142 e. The molecule has 0 heterocycles. The van der Waals surface area contributed by atoms with Crippen LogP contribution in [0.1, 0.15) is 5.56 Å². The van der Waals surface area contributed by atoms with E-state index in [2.05, 4.69) is 0 Å². The predicted molar refractivity (Wildman–Crippen MR) is 41.5 cm³/mol. The SMILES string of the molecule is O=C/C=C\c1c(F)cccc1F. The maximum atomic E-state index is 12.8. The Bertz CT molecular complexity index is 298. The minimum atomic E-state index is -0.673. The van der Waals surface area contributed by atoms with Crippen LogP contribution in [0.2, 0.25) is 0 Å². The lowest BCUT2D eigenvalue weighted by molar-refractivity contribution is -0.104. The van der Waals surface area contributed by atoms with Crippen molar-refractivity contribution in [2.45, 2.75) is 0 Å². The molecule has 0 fully saturated rings. The van der Waals surface area contributed by atoms with E-state index in [4.69, 9.17) is 0 Å². The van der Waals surface area contributed by atoms with E-state index in [1.807, 2.05) is 0 Å². The highest BCUT2D eigenvalue weighted by molar-refractivity contribution is 5.74. The van der Waals surface area contributed by atoms with Gasteiger partial charge in [0.05, 0.1) is 0 Å². The minimum Gasteiger partial charge on any atom is -0.299 e. The van der Waals surface area contributed by atoms with E-state index >= 15 is 0 Å². The molecule has 1 aromatic rings. The number of carbonyl (C=O) groups is 1. The van der Waals surface area contributed by atoms with Gasteiger partial charge in [-0.15, -0.1) is 0 Å². The summed E-state index contributed by atoms with van der Waals surface area (Å²) >= 11 is 0. The van der Waals surface area contributed by atoms with Crippen molar-refractivity contribution < 1.29 is 13.6 Å². The zero-order valence-electron chi connectivity index (χ0n) is 6.13. The quantitative estimate of drug-likeness (QED) is 0.488. The van der Waals surface area contributed by atoms with Crippen molar-refractivity contribution in [3.05, 3.63) is 41.5 Å². The second kappa shape index (κ2) is 3.76. The summed E-state index contributed by atoms with van der Waals surface area (Å²) in [6.45, 7) is 0. The molecule has 0 atom stereocenters. The predicted octanol–water partition coefficient (Wildman–Crippen LogP) is 2.18. The lowest BCUT2D eigenvalue weighted by Gasteiger charge is -1.96. The van der Waals surface area contributed by atoms with E-state index in [-0.39, 0.29) is 5.56 Å². The van der Waals surface area contributed by atoms with Gasteiger partial charge in [0.15, 0.2) is 0 Å². The zero-order valence-corrected chi connectivity index (χ0v) is 6.13. The number of aldehydes is 1. The molecule has 0 saturated carbocycles. The van der Waals surface area contributed by atoms with Crippen molar-refractivity contribution in [2.75, 3.05) is 0 Å². The van der Waals surface area contributed by atoms with Gasteiger partial charge >= 0.3 is 0 Å². The fourth-order valence-electron chi connectivity index (χ4n) is 0.805. The normalized spacial score (nSPS) is 10.5. The van der Waals surface area contributed by atoms with Crippen LogP contribution in [0.4, 0.5) is 8.78 Å². The monoisotopic (exact) mass is 168 g/mol. The molecular weight excluding hydrogens is 162 g/mol. The van der Waals surface area contributed by atoms with Crippen molar-refractivity contribution in [3.63, 3.8) is 0 Å². The number of rotatable bonds is 2. The Kier molecular flexibility index (Phi) is 2.69. The van der Waals surface area contributed by atoms with E-state index < -0.39 is 11.6 Å². The molecule has 0 unspecified atom stereocenters. The van der Waals surface area contributed by atoms with Crippen LogP contribution in [0, 0.1) is 11.6 Å². The lowest BCUT2D eigenvalue weighted by Crippen LogP contribution is -1.86.